The van der Waals surface area contributed by atoms with Crippen molar-refractivity contribution >= 4 is 27.3 Å². The van der Waals surface area contributed by atoms with Gasteiger partial charge < -0.3 is 5.32 Å². The normalized spacial score (nSPS) is 9.71. The van der Waals surface area contributed by atoms with E-state index in [0.717, 1.165) is 0 Å². The standard InChI is InChI=1S/C13H8BrFN2/c14-10-5-6-13(11(15)7-10)17-12-4-2-1-3-9(12)8-16/h1-7,17H. The van der Waals surface area contributed by atoms with Gasteiger partial charge in [-0.2, -0.15) is 5.26 Å². The molecule has 84 valence electrons. The predicted molar refractivity (Wildman–Crippen MR) is 68.5 cm³/mol. The molecule has 0 heterocycles. The van der Waals surface area contributed by atoms with Crippen LogP contribution < -0.4 is 5.32 Å². The molecule has 0 saturated heterocycles. The second kappa shape index (κ2) is 4.98. The zero-order valence-electron chi connectivity index (χ0n) is 8.74. The lowest BCUT2D eigenvalue weighted by molar-refractivity contribution is 0.631. The maximum absolute atomic E-state index is 13.6. The Morgan fingerprint density at radius 3 is 2.59 bits per heavy atom. The van der Waals surface area contributed by atoms with Crippen molar-refractivity contribution in [2.75, 3.05) is 5.32 Å². The number of hydrogen-bond donors (Lipinski definition) is 1. The minimum absolute atomic E-state index is 0.343. The molecule has 2 nitrogen and oxygen atoms in total. The molecule has 0 saturated carbocycles. The molecule has 0 radical (unpaired) electrons. The first-order valence-electron chi connectivity index (χ1n) is 4.92. The molecule has 0 aliphatic heterocycles. The second-order valence-electron chi connectivity index (χ2n) is 3.41. The van der Waals surface area contributed by atoms with E-state index in [1.54, 1.807) is 36.4 Å². The molecule has 0 spiro atoms. The van der Waals surface area contributed by atoms with Crippen LogP contribution in [0, 0.1) is 17.1 Å². The SMILES string of the molecule is N#Cc1ccccc1Nc1ccc(Br)cc1F. The Morgan fingerprint density at radius 2 is 1.88 bits per heavy atom. The van der Waals surface area contributed by atoms with Gasteiger partial charge in [-0.1, -0.05) is 28.1 Å². The minimum atomic E-state index is -0.368. The zero-order chi connectivity index (χ0) is 12.3. The molecule has 2 rings (SSSR count). The molecule has 17 heavy (non-hydrogen) atoms. The summed E-state index contributed by atoms with van der Waals surface area (Å²) in [5.74, 6) is -0.368. The van der Waals surface area contributed by atoms with Crippen LogP contribution >= 0.6 is 15.9 Å². The number of para-hydroxylation sites is 1. The summed E-state index contributed by atoms with van der Waals surface area (Å²) < 4.78 is 14.3. The summed E-state index contributed by atoms with van der Waals surface area (Å²) in [7, 11) is 0. The van der Waals surface area contributed by atoms with Gasteiger partial charge in [-0.3, -0.25) is 0 Å². The van der Waals surface area contributed by atoms with Gasteiger partial charge >= 0.3 is 0 Å². The predicted octanol–water partition coefficient (Wildman–Crippen LogP) is 4.20. The third-order valence-corrected chi connectivity index (χ3v) is 2.74. The molecule has 0 unspecified atom stereocenters. The number of rotatable bonds is 2. The summed E-state index contributed by atoms with van der Waals surface area (Å²) in [5.41, 5.74) is 1.42. The fraction of sp³-hybridized carbons (Fsp3) is 0. The molecule has 0 amide bonds. The quantitative estimate of drug-likeness (QED) is 0.900. The smallest absolute Gasteiger partial charge is 0.147 e. The molecule has 0 atom stereocenters. The van der Waals surface area contributed by atoms with Crippen LogP contribution in [0.25, 0.3) is 0 Å². The number of nitrogens with one attached hydrogen (secondary N) is 1. The molecular weight excluding hydrogens is 283 g/mol. The highest BCUT2D eigenvalue weighted by atomic mass is 79.9. The number of anilines is 2. The molecule has 2 aromatic rings. The average molecular weight is 291 g/mol. The molecule has 4 heteroatoms. The molecular formula is C13H8BrFN2. The topological polar surface area (TPSA) is 35.8 Å². The van der Waals surface area contributed by atoms with Gasteiger partial charge in [0.15, 0.2) is 0 Å². The Morgan fingerprint density at radius 1 is 1.12 bits per heavy atom. The van der Waals surface area contributed by atoms with Gasteiger partial charge in [0.25, 0.3) is 0 Å². The van der Waals surface area contributed by atoms with Crippen molar-refractivity contribution in [3.63, 3.8) is 0 Å². The number of hydrogen-bond acceptors (Lipinski definition) is 2. The largest absolute Gasteiger partial charge is 0.352 e. The Kier molecular flexibility index (Phi) is 3.40. The summed E-state index contributed by atoms with van der Waals surface area (Å²) in [6.45, 7) is 0. The van der Waals surface area contributed by atoms with E-state index in [-0.39, 0.29) is 5.82 Å². The van der Waals surface area contributed by atoms with E-state index in [4.69, 9.17) is 5.26 Å². The van der Waals surface area contributed by atoms with Crippen LogP contribution in [-0.4, -0.2) is 0 Å². The third kappa shape index (κ3) is 2.63. The van der Waals surface area contributed by atoms with Gasteiger partial charge in [0, 0.05) is 4.47 Å². The van der Waals surface area contributed by atoms with Crippen molar-refractivity contribution in [3.05, 3.63) is 58.3 Å². The van der Waals surface area contributed by atoms with Crippen molar-refractivity contribution in [2.24, 2.45) is 0 Å². The van der Waals surface area contributed by atoms with Gasteiger partial charge in [0.05, 0.1) is 16.9 Å². The van der Waals surface area contributed by atoms with E-state index in [9.17, 15) is 4.39 Å². The van der Waals surface area contributed by atoms with E-state index in [1.165, 1.54) is 6.07 Å². The van der Waals surface area contributed by atoms with Crippen LogP contribution in [0.15, 0.2) is 46.9 Å². The third-order valence-electron chi connectivity index (χ3n) is 2.25. The molecule has 1 N–H and O–H groups in total. The molecule has 0 fully saturated rings. The van der Waals surface area contributed by atoms with Crippen LogP contribution in [0.3, 0.4) is 0 Å². The monoisotopic (exact) mass is 290 g/mol. The van der Waals surface area contributed by atoms with Crippen LogP contribution in [0.4, 0.5) is 15.8 Å². The van der Waals surface area contributed by atoms with E-state index in [2.05, 4.69) is 27.3 Å². The average Bonchev–Trinajstić information content (AvgIpc) is 2.33. The molecule has 2 aromatic carbocycles. The van der Waals surface area contributed by atoms with Crippen LogP contribution in [0.2, 0.25) is 0 Å². The number of nitrogens with zero attached hydrogens (tertiary/aromatic N) is 1. The lowest BCUT2D eigenvalue weighted by Gasteiger charge is -2.09. The van der Waals surface area contributed by atoms with Crippen LogP contribution in [-0.2, 0) is 0 Å². The lowest BCUT2D eigenvalue weighted by Crippen LogP contribution is -1.95. The Balaban J connectivity index is 2.35. The molecule has 0 aliphatic carbocycles. The second-order valence-corrected chi connectivity index (χ2v) is 4.32. The Hall–Kier alpha value is -1.86. The lowest BCUT2D eigenvalue weighted by atomic mass is 10.2. The van der Waals surface area contributed by atoms with Crippen LogP contribution in [0.1, 0.15) is 5.56 Å². The minimum Gasteiger partial charge on any atom is -0.352 e. The number of benzene rings is 2. The highest BCUT2D eigenvalue weighted by Crippen LogP contribution is 2.24. The number of nitriles is 1. The summed E-state index contributed by atoms with van der Waals surface area (Å²) in [6, 6.07) is 13.8. The Labute approximate surface area is 107 Å². The first kappa shape index (κ1) is 11.6. The summed E-state index contributed by atoms with van der Waals surface area (Å²) in [4.78, 5) is 0. The summed E-state index contributed by atoms with van der Waals surface area (Å²) in [5, 5.41) is 11.8. The van der Waals surface area contributed by atoms with Gasteiger partial charge in [0.1, 0.15) is 11.9 Å². The van der Waals surface area contributed by atoms with Crippen molar-refractivity contribution in [2.45, 2.75) is 0 Å². The maximum Gasteiger partial charge on any atom is 0.147 e. The molecule has 0 bridgehead atoms. The Bertz CT molecular complexity index is 590. The highest BCUT2D eigenvalue weighted by molar-refractivity contribution is 9.10. The fourth-order valence-corrected chi connectivity index (χ4v) is 1.76. The number of halogens is 2. The van der Waals surface area contributed by atoms with Crippen LogP contribution in [0.5, 0.6) is 0 Å². The summed E-state index contributed by atoms with van der Waals surface area (Å²) >= 11 is 3.19. The van der Waals surface area contributed by atoms with E-state index in [1.807, 2.05) is 0 Å². The van der Waals surface area contributed by atoms with Gasteiger partial charge in [-0.25, -0.2) is 4.39 Å². The van der Waals surface area contributed by atoms with Crippen molar-refractivity contribution in [1.29, 1.82) is 5.26 Å². The van der Waals surface area contributed by atoms with Crippen molar-refractivity contribution in [3.8, 4) is 6.07 Å². The van der Waals surface area contributed by atoms with Gasteiger partial charge in [-0.05, 0) is 30.3 Å². The maximum atomic E-state index is 13.6. The van der Waals surface area contributed by atoms with E-state index in [0.29, 0.717) is 21.4 Å². The summed E-state index contributed by atoms with van der Waals surface area (Å²) in [6.07, 6.45) is 0. The van der Waals surface area contributed by atoms with Crippen molar-refractivity contribution < 1.29 is 4.39 Å². The van der Waals surface area contributed by atoms with Gasteiger partial charge in [0.2, 0.25) is 0 Å². The molecule has 0 aromatic heterocycles. The van der Waals surface area contributed by atoms with E-state index >= 15 is 0 Å². The van der Waals surface area contributed by atoms with Gasteiger partial charge in [-0.15, -0.1) is 0 Å². The zero-order valence-corrected chi connectivity index (χ0v) is 10.3. The first-order chi connectivity index (χ1) is 8.20. The van der Waals surface area contributed by atoms with E-state index < -0.39 is 0 Å². The first-order valence-corrected chi connectivity index (χ1v) is 5.71. The highest BCUT2D eigenvalue weighted by Gasteiger charge is 2.05. The molecule has 0 aliphatic rings. The fourth-order valence-electron chi connectivity index (χ4n) is 1.43. The van der Waals surface area contributed by atoms with Crippen molar-refractivity contribution in [1.82, 2.24) is 0 Å².